The Morgan fingerprint density at radius 3 is 2.36 bits per heavy atom. The highest BCUT2D eigenvalue weighted by Gasteiger charge is 2.55. The fourth-order valence-corrected chi connectivity index (χ4v) is 4.67. The molecule has 186 valence electrons. The lowest BCUT2D eigenvalue weighted by atomic mass is 9.97. The van der Waals surface area contributed by atoms with Crippen LogP contribution in [-0.4, -0.2) is 38.6 Å². The second kappa shape index (κ2) is 11.4. The van der Waals surface area contributed by atoms with Gasteiger partial charge in [0, 0.05) is 12.6 Å². The van der Waals surface area contributed by atoms with Crippen molar-refractivity contribution < 1.29 is 29.0 Å². The molecule has 0 unspecified atom stereocenters. The Balaban J connectivity index is 1.39. The van der Waals surface area contributed by atoms with Crippen LogP contribution in [-0.2, 0) is 33.8 Å². The normalized spacial score (nSPS) is 17.9. The van der Waals surface area contributed by atoms with Gasteiger partial charge in [0.15, 0.2) is 0 Å². The number of rotatable bonds is 10. The van der Waals surface area contributed by atoms with E-state index in [9.17, 15) is 19.5 Å². The van der Waals surface area contributed by atoms with Crippen LogP contribution in [0.4, 0.5) is 4.79 Å². The summed E-state index contributed by atoms with van der Waals surface area (Å²) in [6.07, 6.45) is 1.69. The summed E-state index contributed by atoms with van der Waals surface area (Å²) in [6, 6.07) is 19.6. The van der Waals surface area contributed by atoms with Gasteiger partial charge in [-0.25, -0.2) is 4.79 Å². The number of imide groups is 1. The third-order valence-electron chi connectivity index (χ3n) is 5.77. The van der Waals surface area contributed by atoms with Crippen LogP contribution in [0, 0.1) is 0 Å². The highest BCUT2D eigenvalue weighted by Crippen LogP contribution is 2.37. The molecule has 2 N–H and O–H groups in total. The summed E-state index contributed by atoms with van der Waals surface area (Å²) >= 11 is 0.632. The second-order valence-electron chi connectivity index (χ2n) is 8.32. The summed E-state index contributed by atoms with van der Waals surface area (Å²) in [7, 11) is 0. The number of aromatic nitrogens is 1. The standard InChI is InChI=1S/C27H26N2O6S/c1-2-18-10-13-22(28-15-18)23(30)17-34-21-11-8-19(9-12-21)14-27(24(31)29-26(33)36-27)25(32)35-16-20-6-4-3-5-7-20/h3-13,15,23,30H,2,14,16-17H2,1H3,(H,29,31,33)/t23-,27+/m0/s1. The van der Waals surface area contributed by atoms with Gasteiger partial charge >= 0.3 is 5.97 Å². The molecule has 2 aromatic carbocycles. The zero-order chi connectivity index (χ0) is 25.5. The fraction of sp³-hybridized carbons (Fsp3) is 0.259. The number of ether oxygens (including phenoxy) is 2. The van der Waals surface area contributed by atoms with Gasteiger partial charge < -0.3 is 14.6 Å². The first-order chi connectivity index (χ1) is 17.4. The SMILES string of the molecule is CCc1ccc([C@@H](O)COc2ccc(C[C@@]3(C(=O)OCc4ccccc4)SC(=O)NC3=O)cc2)nc1. The molecule has 9 heteroatoms. The molecule has 2 heterocycles. The second-order valence-corrected chi connectivity index (χ2v) is 9.60. The Bertz CT molecular complexity index is 1220. The number of pyridine rings is 1. The summed E-state index contributed by atoms with van der Waals surface area (Å²) in [5.41, 5.74) is 3.03. The van der Waals surface area contributed by atoms with Crippen LogP contribution in [0.25, 0.3) is 0 Å². The number of thioether (sulfide) groups is 1. The number of aliphatic hydroxyl groups is 1. The molecule has 0 saturated carbocycles. The van der Waals surface area contributed by atoms with E-state index in [2.05, 4.69) is 10.3 Å². The lowest BCUT2D eigenvalue weighted by molar-refractivity contribution is -0.150. The molecule has 3 aromatic rings. The first-order valence-corrected chi connectivity index (χ1v) is 12.3. The summed E-state index contributed by atoms with van der Waals surface area (Å²) in [6.45, 7) is 2.04. The third-order valence-corrected chi connectivity index (χ3v) is 6.91. The quantitative estimate of drug-likeness (QED) is 0.316. The van der Waals surface area contributed by atoms with E-state index in [1.165, 1.54) is 0 Å². The molecular formula is C27H26N2O6S. The van der Waals surface area contributed by atoms with Crippen molar-refractivity contribution in [2.45, 2.75) is 37.2 Å². The van der Waals surface area contributed by atoms with Crippen LogP contribution in [0.2, 0.25) is 0 Å². The predicted octanol–water partition coefficient (Wildman–Crippen LogP) is 3.76. The number of hydrogen-bond acceptors (Lipinski definition) is 8. The minimum atomic E-state index is -1.71. The van der Waals surface area contributed by atoms with Gasteiger partial charge in [-0.15, -0.1) is 0 Å². The van der Waals surface area contributed by atoms with Gasteiger partial charge in [-0.05, 0) is 53.1 Å². The number of carbonyl (C=O) groups excluding carboxylic acids is 3. The van der Waals surface area contributed by atoms with E-state index in [1.807, 2.05) is 31.2 Å². The highest BCUT2D eigenvalue weighted by atomic mass is 32.2. The van der Waals surface area contributed by atoms with E-state index in [-0.39, 0.29) is 19.6 Å². The molecule has 0 aliphatic carbocycles. The number of nitrogens with one attached hydrogen (secondary N) is 1. The average molecular weight is 507 g/mol. The van der Waals surface area contributed by atoms with E-state index in [0.29, 0.717) is 28.8 Å². The van der Waals surface area contributed by atoms with Gasteiger partial charge in [-0.3, -0.25) is 19.9 Å². The van der Waals surface area contributed by atoms with Crippen LogP contribution in [0.3, 0.4) is 0 Å². The third kappa shape index (κ3) is 5.92. The van der Waals surface area contributed by atoms with Crippen molar-refractivity contribution in [3.05, 3.63) is 95.3 Å². The summed E-state index contributed by atoms with van der Waals surface area (Å²) in [4.78, 5) is 41.9. The molecule has 4 rings (SSSR count). The number of aliphatic hydroxyl groups excluding tert-OH is 1. The smallest absolute Gasteiger partial charge is 0.333 e. The molecule has 1 aromatic heterocycles. The zero-order valence-electron chi connectivity index (χ0n) is 19.7. The Kier molecular flexibility index (Phi) is 8.02. The molecule has 1 aliphatic rings. The number of carbonyl (C=O) groups is 3. The van der Waals surface area contributed by atoms with Crippen LogP contribution >= 0.6 is 11.8 Å². The van der Waals surface area contributed by atoms with E-state index in [0.717, 1.165) is 17.5 Å². The number of hydrogen-bond donors (Lipinski definition) is 2. The molecule has 1 fully saturated rings. The van der Waals surface area contributed by atoms with E-state index in [1.54, 1.807) is 48.7 Å². The van der Waals surface area contributed by atoms with Crippen molar-refractivity contribution in [1.29, 1.82) is 0 Å². The maximum absolute atomic E-state index is 13.0. The molecule has 2 atom stereocenters. The molecule has 1 aliphatic heterocycles. The number of amides is 2. The molecule has 1 saturated heterocycles. The average Bonchev–Trinajstić information content (AvgIpc) is 3.20. The van der Waals surface area contributed by atoms with Crippen LogP contribution in [0.15, 0.2) is 72.9 Å². The van der Waals surface area contributed by atoms with Gasteiger partial charge in [-0.2, -0.15) is 0 Å². The molecular weight excluding hydrogens is 480 g/mol. The molecule has 0 radical (unpaired) electrons. The Morgan fingerprint density at radius 2 is 1.75 bits per heavy atom. The lowest BCUT2D eigenvalue weighted by Gasteiger charge is -2.22. The van der Waals surface area contributed by atoms with Gasteiger partial charge in [0.25, 0.3) is 11.1 Å². The molecule has 36 heavy (non-hydrogen) atoms. The maximum Gasteiger partial charge on any atom is 0.333 e. The minimum Gasteiger partial charge on any atom is -0.490 e. The molecule has 2 amide bonds. The minimum absolute atomic E-state index is 0.00537. The van der Waals surface area contributed by atoms with Crippen LogP contribution < -0.4 is 10.1 Å². The van der Waals surface area contributed by atoms with Crippen molar-refractivity contribution in [2.75, 3.05) is 6.61 Å². The van der Waals surface area contributed by atoms with Crippen molar-refractivity contribution in [2.24, 2.45) is 0 Å². The number of esters is 1. The predicted molar refractivity (Wildman–Crippen MR) is 134 cm³/mol. The first-order valence-electron chi connectivity index (χ1n) is 11.5. The van der Waals surface area contributed by atoms with Crippen molar-refractivity contribution in [1.82, 2.24) is 10.3 Å². The van der Waals surface area contributed by atoms with Crippen LogP contribution in [0.1, 0.15) is 35.4 Å². The molecule has 0 spiro atoms. The Morgan fingerprint density at radius 1 is 1.03 bits per heavy atom. The van der Waals surface area contributed by atoms with Crippen molar-refractivity contribution in [3.63, 3.8) is 0 Å². The lowest BCUT2D eigenvalue weighted by Crippen LogP contribution is -2.46. The van der Waals surface area contributed by atoms with E-state index >= 15 is 0 Å². The van der Waals surface area contributed by atoms with Gasteiger partial charge in [0.1, 0.15) is 25.1 Å². The topological polar surface area (TPSA) is 115 Å². The molecule has 8 nitrogen and oxygen atoms in total. The molecule has 0 bridgehead atoms. The zero-order valence-corrected chi connectivity index (χ0v) is 20.5. The van der Waals surface area contributed by atoms with Crippen molar-refractivity contribution in [3.8, 4) is 5.75 Å². The van der Waals surface area contributed by atoms with E-state index in [4.69, 9.17) is 9.47 Å². The number of aryl methyl sites for hydroxylation is 1. The summed E-state index contributed by atoms with van der Waals surface area (Å²) < 4.78 is 9.39. The Labute approximate surface area is 213 Å². The first kappa shape index (κ1) is 25.4. The highest BCUT2D eigenvalue weighted by molar-refractivity contribution is 8.16. The number of benzene rings is 2. The largest absolute Gasteiger partial charge is 0.490 e. The fourth-order valence-electron chi connectivity index (χ4n) is 3.68. The summed E-state index contributed by atoms with van der Waals surface area (Å²) in [5, 5.41) is 12.0. The van der Waals surface area contributed by atoms with E-state index < -0.39 is 28.0 Å². The maximum atomic E-state index is 13.0. The number of nitrogens with zero attached hydrogens (tertiary/aromatic N) is 1. The van der Waals surface area contributed by atoms with Gasteiger partial charge in [0.05, 0.1) is 5.69 Å². The summed E-state index contributed by atoms with van der Waals surface area (Å²) in [5.74, 6) is -0.964. The van der Waals surface area contributed by atoms with Gasteiger partial charge in [0.2, 0.25) is 4.75 Å². The van der Waals surface area contributed by atoms with Crippen molar-refractivity contribution >= 4 is 28.9 Å². The van der Waals surface area contributed by atoms with Crippen LogP contribution in [0.5, 0.6) is 5.75 Å². The Hall–Kier alpha value is -3.69. The van der Waals surface area contributed by atoms with Gasteiger partial charge in [-0.1, -0.05) is 55.5 Å². The monoisotopic (exact) mass is 506 g/mol.